The van der Waals surface area contributed by atoms with E-state index in [2.05, 4.69) is 12.2 Å². The predicted octanol–water partition coefficient (Wildman–Crippen LogP) is 1.98. The maximum Gasteiger partial charge on any atom is 0.409 e. The lowest BCUT2D eigenvalue weighted by Gasteiger charge is -2.35. The first-order chi connectivity index (χ1) is 10.2. The number of nitrogens with two attached hydrogens (primary N) is 1. The number of nitrogens with one attached hydrogen (secondary N) is 1. The number of rotatable bonds is 8. The smallest absolute Gasteiger partial charge is 0.409 e. The molecule has 1 heterocycles. The number of amides is 2. The second-order valence-corrected chi connectivity index (χ2v) is 5.47. The molecule has 1 aliphatic heterocycles. The van der Waals surface area contributed by atoms with Gasteiger partial charge in [-0.05, 0) is 32.2 Å². The molecule has 0 bridgehead atoms. The van der Waals surface area contributed by atoms with E-state index in [0.29, 0.717) is 26.1 Å². The highest BCUT2D eigenvalue weighted by molar-refractivity contribution is 5.77. The number of nitrogens with zero attached hydrogens (tertiary/aromatic N) is 1. The fraction of sp³-hybridized carbons (Fsp3) is 0.867. The molecule has 3 N–H and O–H groups in total. The SMILES string of the molecule is CCCCCC(=O)N1CCCC[C@@H]1OC(=O)NCCCN. The molecule has 1 fully saturated rings. The molecule has 2 amide bonds. The van der Waals surface area contributed by atoms with Gasteiger partial charge in [-0.2, -0.15) is 0 Å². The Hall–Kier alpha value is -1.30. The number of piperidine rings is 1. The molecule has 0 unspecified atom stereocenters. The van der Waals surface area contributed by atoms with Gasteiger partial charge in [0.2, 0.25) is 5.91 Å². The number of alkyl carbamates (subject to hydrolysis) is 1. The fourth-order valence-corrected chi connectivity index (χ4v) is 2.44. The zero-order valence-electron chi connectivity index (χ0n) is 13.1. The van der Waals surface area contributed by atoms with Crippen LogP contribution in [0.5, 0.6) is 0 Å². The molecule has 0 saturated carbocycles. The second kappa shape index (κ2) is 10.4. The van der Waals surface area contributed by atoms with Crippen LogP contribution in [0.15, 0.2) is 0 Å². The van der Waals surface area contributed by atoms with E-state index in [0.717, 1.165) is 44.9 Å². The van der Waals surface area contributed by atoms with Gasteiger partial charge >= 0.3 is 6.09 Å². The lowest BCUT2D eigenvalue weighted by molar-refractivity contribution is -0.144. The van der Waals surface area contributed by atoms with E-state index in [1.54, 1.807) is 4.90 Å². The Morgan fingerprint density at radius 2 is 2.10 bits per heavy atom. The summed E-state index contributed by atoms with van der Waals surface area (Å²) in [4.78, 5) is 25.6. The number of hydrogen-bond donors (Lipinski definition) is 2. The van der Waals surface area contributed by atoms with Gasteiger partial charge in [-0.15, -0.1) is 0 Å². The number of carbonyl (C=O) groups is 2. The second-order valence-electron chi connectivity index (χ2n) is 5.47. The minimum atomic E-state index is -0.457. The van der Waals surface area contributed by atoms with Gasteiger partial charge in [0.1, 0.15) is 0 Å². The van der Waals surface area contributed by atoms with Crippen molar-refractivity contribution in [2.75, 3.05) is 19.6 Å². The third-order valence-corrected chi connectivity index (χ3v) is 3.66. The predicted molar refractivity (Wildman–Crippen MR) is 81.6 cm³/mol. The highest BCUT2D eigenvalue weighted by Crippen LogP contribution is 2.20. The third-order valence-electron chi connectivity index (χ3n) is 3.66. The van der Waals surface area contributed by atoms with E-state index >= 15 is 0 Å². The summed E-state index contributed by atoms with van der Waals surface area (Å²) >= 11 is 0. The van der Waals surface area contributed by atoms with Crippen molar-refractivity contribution >= 4 is 12.0 Å². The Morgan fingerprint density at radius 3 is 2.81 bits per heavy atom. The molecule has 0 aromatic carbocycles. The molecular weight excluding hydrogens is 270 g/mol. The summed E-state index contributed by atoms with van der Waals surface area (Å²) in [6.45, 7) is 3.84. The first-order valence-electron chi connectivity index (χ1n) is 8.13. The van der Waals surface area contributed by atoms with Crippen LogP contribution in [0, 0.1) is 0 Å². The molecule has 1 rings (SSSR count). The summed E-state index contributed by atoms with van der Waals surface area (Å²) in [6, 6.07) is 0. The summed E-state index contributed by atoms with van der Waals surface area (Å²) in [5, 5.41) is 2.66. The number of hydrogen-bond acceptors (Lipinski definition) is 4. The van der Waals surface area contributed by atoms with Crippen LogP contribution in [-0.2, 0) is 9.53 Å². The van der Waals surface area contributed by atoms with Gasteiger partial charge in [-0.1, -0.05) is 19.8 Å². The molecule has 0 aliphatic carbocycles. The van der Waals surface area contributed by atoms with Crippen LogP contribution in [0.3, 0.4) is 0 Å². The van der Waals surface area contributed by atoms with Gasteiger partial charge in [0.25, 0.3) is 0 Å². The van der Waals surface area contributed by atoms with Crippen LogP contribution >= 0.6 is 0 Å². The highest BCUT2D eigenvalue weighted by atomic mass is 16.6. The first kappa shape index (κ1) is 17.8. The Bertz CT molecular complexity index is 323. The van der Waals surface area contributed by atoms with E-state index in [1.165, 1.54) is 0 Å². The Morgan fingerprint density at radius 1 is 1.29 bits per heavy atom. The van der Waals surface area contributed by atoms with Gasteiger partial charge < -0.3 is 20.7 Å². The van der Waals surface area contributed by atoms with Crippen molar-refractivity contribution in [1.82, 2.24) is 10.2 Å². The average Bonchev–Trinajstić information content (AvgIpc) is 2.48. The molecule has 6 heteroatoms. The van der Waals surface area contributed by atoms with Crippen LogP contribution in [0.4, 0.5) is 4.79 Å². The summed E-state index contributed by atoms with van der Waals surface area (Å²) < 4.78 is 5.39. The van der Waals surface area contributed by atoms with E-state index < -0.39 is 12.3 Å². The Balaban J connectivity index is 2.41. The Kier molecular flexibility index (Phi) is 8.82. The van der Waals surface area contributed by atoms with Crippen molar-refractivity contribution < 1.29 is 14.3 Å². The van der Waals surface area contributed by atoms with E-state index in [4.69, 9.17) is 10.5 Å². The van der Waals surface area contributed by atoms with Crippen molar-refractivity contribution in [3.63, 3.8) is 0 Å². The van der Waals surface area contributed by atoms with Crippen molar-refractivity contribution in [2.45, 2.75) is 64.5 Å². The molecule has 1 aliphatic rings. The standard InChI is InChI=1S/C15H29N3O3/c1-2-3-4-8-13(19)18-12-6-5-9-14(18)21-15(20)17-11-7-10-16/h14H,2-12,16H2,1H3,(H,17,20)/t14-/m0/s1. The van der Waals surface area contributed by atoms with Crippen LogP contribution in [0.1, 0.15) is 58.3 Å². The minimum Gasteiger partial charge on any atom is -0.425 e. The van der Waals surface area contributed by atoms with Gasteiger partial charge in [0.15, 0.2) is 6.23 Å². The van der Waals surface area contributed by atoms with Crippen LogP contribution < -0.4 is 11.1 Å². The third kappa shape index (κ3) is 6.80. The topological polar surface area (TPSA) is 84.7 Å². The summed E-state index contributed by atoms with van der Waals surface area (Å²) in [6.07, 6.45) is 6.15. The van der Waals surface area contributed by atoms with Gasteiger partial charge in [0, 0.05) is 25.9 Å². The molecule has 0 aromatic rings. The Labute approximate surface area is 127 Å². The number of carbonyl (C=O) groups excluding carboxylic acids is 2. The lowest BCUT2D eigenvalue weighted by Crippen LogP contribution is -2.47. The molecule has 0 spiro atoms. The number of likely N-dealkylation sites (tertiary alicyclic amines) is 1. The van der Waals surface area contributed by atoms with Gasteiger partial charge in [0.05, 0.1) is 0 Å². The number of unbranched alkanes of at least 4 members (excludes halogenated alkanes) is 2. The van der Waals surface area contributed by atoms with Crippen molar-refractivity contribution in [1.29, 1.82) is 0 Å². The molecular formula is C15H29N3O3. The van der Waals surface area contributed by atoms with E-state index in [9.17, 15) is 9.59 Å². The summed E-state index contributed by atoms with van der Waals surface area (Å²) in [5.74, 6) is 0.0999. The molecule has 0 radical (unpaired) electrons. The minimum absolute atomic E-state index is 0.0999. The monoisotopic (exact) mass is 299 g/mol. The van der Waals surface area contributed by atoms with Crippen molar-refractivity contribution in [3.8, 4) is 0 Å². The first-order valence-corrected chi connectivity index (χ1v) is 8.13. The highest BCUT2D eigenvalue weighted by Gasteiger charge is 2.29. The molecule has 6 nitrogen and oxygen atoms in total. The molecule has 122 valence electrons. The quantitative estimate of drug-likeness (QED) is 0.671. The van der Waals surface area contributed by atoms with Crippen LogP contribution in [-0.4, -0.2) is 42.8 Å². The van der Waals surface area contributed by atoms with Crippen LogP contribution in [0.2, 0.25) is 0 Å². The van der Waals surface area contributed by atoms with E-state index in [1.807, 2.05) is 0 Å². The average molecular weight is 299 g/mol. The van der Waals surface area contributed by atoms with Gasteiger partial charge in [-0.3, -0.25) is 4.79 Å². The largest absolute Gasteiger partial charge is 0.425 e. The lowest BCUT2D eigenvalue weighted by atomic mass is 10.1. The normalized spacial score (nSPS) is 18.4. The fourth-order valence-electron chi connectivity index (χ4n) is 2.44. The molecule has 0 aromatic heterocycles. The van der Waals surface area contributed by atoms with Crippen molar-refractivity contribution in [3.05, 3.63) is 0 Å². The summed E-state index contributed by atoms with van der Waals surface area (Å²) in [5.41, 5.74) is 5.37. The maximum atomic E-state index is 12.2. The zero-order chi connectivity index (χ0) is 15.5. The van der Waals surface area contributed by atoms with E-state index in [-0.39, 0.29) is 5.91 Å². The van der Waals surface area contributed by atoms with Gasteiger partial charge in [-0.25, -0.2) is 4.79 Å². The maximum absolute atomic E-state index is 12.2. The molecule has 1 saturated heterocycles. The van der Waals surface area contributed by atoms with Crippen LogP contribution in [0.25, 0.3) is 0 Å². The molecule has 1 atom stereocenters. The molecule has 21 heavy (non-hydrogen) atoms. The number of ether oxygens (including phenoxy) is 1. The zero-order valence-corrected chi connectivity index (χ0v) is 13.1. The van der Waals surface area contributed by atoms with Crippen molar-refractivity contribution in [2.24, 2.45) is 5.73 Å². The summed E-state index contributed by atoms with van der Waals surface area (Å²) in [7, 11) is 0.